The number of nitrogens with zero attached hydrogens (tertiary/aromatic N) is 3. The maximum atomic E-state index is 12.4. The summed E-state index contributed by atoms with van der Waals surface area (Å²) in [4.78, 5) is 19.0. The van der Waals surface area contributed by atoms with Gasteiger partial charge in [0.1, 0.15) is 0 Å². The Balaban J connectivity index is 1.42. The molecule has 0 saturated carbocycles. The van der Waals surface area contributed by atoms with E-state index in [1.807, 2.05) is 17.0 Å². The van der Waals surface area contributed by atoms with Crippen molar-refractivity contribution < 1.29 is 14.6 Å². The van der Waals surface area contributed by atoms with Gasteiger partial charge in [-0.05, 0) is 11.1 Å². The smallest absolute Gasteiger partial charge is 0.236 e. The first-order chi connectivity index (χ1) is 11.7. The quantitative estimate of drug-likeness (QED) is 0.832. The van der Waals surface area contributed by atoms with Gasteiger partial charge in [0.15, 0.2) is 0 Å². The highest BCUT2D eigenvalue weighted by molar-refractivity contribution is 5.78. The van der Waals surface area contributed by atoms with Crippen molar-refractivity contribution in [3.8, 4) is 0 Å². The molecule has 0 unspecified atom stereocenters. The number of morpholine rings is 1. The third-order valence-electron chi connectivity index (χ3n) is 4.80. The topological polar surface area (TPSA) is 56.2 Å². The Bertz CT molecular complexity index is 521. The first-order valence-corrected chi connectivity index (χ1v) is 8.73. The summed E-state index contributed by atoms with van der Waals surface area (Å²) in [5.74, 6) is 0.240. The van der Waals surface area contributed by atoms with E-state index in [0.717, 1.165) is 64.6 Å². The average Bonchev–Trinajstić information content (AvgIpc) is 2.64. The largest absolute Gasteiger partial charge is 0.392 e. The molecule has 3 rings (SSSR count). The predicted molar refractivity (Wildman–Crippen MR) is 91.5 cm³/mol. The SMILES string of the molecule is O=C(CN1CCOCC1)N1CCN(Cc2ccc(CO)cc2)CC1. The lowest BCUT2D eigenvalue weighted by atomic mass is 10.1. The molecular formula is C18H27N3O3. The highest BCUT2D eigenvalue weighted by Gasteiger charge is 2.23. The number of piperazine rings is 1. The van der Waals surface area contributed by atoms with Crippen LogP contribution in [0.15, 0.2) is 24.3 Å². The fraction of sp³-hybridized carbons (Fsp3) is 0.611. The van der Waals surface area contributed by atoms with Gasteiger partial charge in [-0.15, -0.1) is 0 Å². The number of amides is 1. The van der Waals surface area contributed by atoms with E-state index >= 15 is 0 Å². The number of rotatable bonds is 5. The van der Waals surface area contributed by atoms with E-state index in [2.05, 4.69) is 21.9 Å². The summed E-state index contributed by atoms with van der Waals surface area (Å²) >= 11 is 0. The van der Waals surface area contributed by atoms with E-state index in [-0.39, 0.29) is 12.5 Å². The van der Waals surface area contributed by atoms with Crippen LogP contribution in [0.25, 0.3) is 0 Å². The molecule has 2 aliphatic heterocycles. The molecule has 0 aliphatic carbocycles. The van der Waals surface area contributed by atoms with E-state index in [4.69, 9.17) is 9.84 Å². The van der Waals surface area contributed by atoms with Gasteiger partial charge in [0.05, 0.1) is 26.4 Å². The lowest BCUT2D eigenvalue weighted by molar-refractivity contribution is -0.135. The maximum absolute atomic E-state index is 12.4. The first-order valence-electron chi connectivity index (χ1n) is 8.73. The number of hydrogen-bond donors (Lipinski definition) is 1. The number of carbonyl (C=O) groups excluding carboxylic acids is 1. The molecular weight excluding hydrogens is 306 g/mol. The highest BCUT2D eigenvalue weighted by Crippen LogP contribution is 2.11. The zero-order valence-corrected chi connectivity index (χ0v) is 14.2. The van der Waals surface area contributed by atoms with Crippen LogP contribution in [-0.4, -0.2) is 84.7 Å². The van der Waals surface area contributed by atoms with Gasteiger partial charge in [-0.2, -0.15) is 0 Å². The van der Waals surface area contributed by atoms with Crippen LogP contribution in [0.4, 0.5) is 0 Å². The molecule has 2 aliphatic rings. The average molecular weight is 333 g/mol. The van der Waals surface area contributed by atoms with Crippen LogP contribution in [0.1, 0.15) is 11.1 Å². The summed E-state index contributed by atoms with van der Waals surface area (Å²) in [7, 11) is 0. The second-order valence-corrected chi connectivity index (χ2v) is 6.52. The minimum Gasteiger partial charge on any atom is -0.392 e. The molecule has 1 N–H and O–H groups in total. The standard InChI is InChI=1S/C18H27N3O3/c22-15-17-3-1-16(2-4-17)13-19-5-7-21(8-6-19)18(23)14-20-9-11-24-12-10-20/h1-4,22H,5-15H2. The van der Waals surface area contributed by atoms with Crippen molar-refractivity contribution in [3.05, 3.63) is 35.4 Å². The normalized spacial score (nSPS) is 20.3. The van der Waals surface area contributed by atoms with Gasteiger partial charge < -0.3 is 14.7 Å². The van der Waals surface area contributed by atoms with E-state index in [1.165, 1.54) is 5.56 Å². The van der Waals surface area contributed by atoms with E-state index in [1.54, 1.807) is 0 Å². The molecule has 0 bridgehead atoms. The minimum absolute atomic E-state index is 0.0875. The monoisotopic (exact) mass is 333 g/mol. The van der Waals surface area contributed by atoms with Crippen molar-refractivity contribution in [2.24, 2.45) is 0 Å². The molecule has 2 saturated heterocycles. The number of carbonyl (C=O) groups is 1. The molecule has 2 fully saturated rings. The Labute approximate surface area is 143 Å². The Kier molecular flexibility index (Phi) is 6.20. The van der Waals surface area contributed by atoms with Crippen LogP contribution in [0, 0.1) is 0 Å². The Morgan fingerprint density at radius 3 is 2.17 bits per heavy atom. The molecule has 1 aromatic rings. The second kappa shape index (κ2) is 8.58. The molecule has 6 heteroatoms. The molecule has 1 amide bonds. The zero-order chi connectivity index (χ0) is 16.8. The maximum Gasteiger partial charge on any atom is 0.236 e. The fourth-order valence-corrected chi connectivity index (χ4v) is 3.21. The van der Waals surface area contributed by atoms with Gasteiger partial charge in [0.25, 0.3) is 0 Å². The summed E-state index contributed by atoms with van der Waals surface area (Å²) < 4.78 is 5.32. The summed E-state index contributed by atoms with van der Waals surface area (Å²) in [6.07, 6.45) is 0. The summed E-state index contributed by atoms with van der Waals surface area (Å²) in [5, 5.41) is 9.09. The van der Waals surface area contributed by atoms with E-state index in [0.29, 0.717) is 6.54 Å². The third kappa shape index (κ3) is 4.77. The summed E-state index contributed by atoms with van der Waals surface area (Å²) in [6.45, 7) is 8.12. The molecule has 2 heterocycles. The number of hydrogen-bond acceptors (Lipinski definition) is 5. The predicted octanol–water partition coefficient (Wildman–Crippen LogP) is 0.155. The van der Waals surface area contributed by atoms with Crippen LogP contribution in [0.2, 0.25) is 0 Å². The van der Waals surface area contributed by atoms with Gasteiger partial charge in [-0.25, -0.2) is 0 Å². The van der Waals surface area contributed by atoms with Crippen LogP contribution >= 0.6 is 0 Å². The second-order valence-electron chi connectivity index (χ2n) is 6.52. The van der Waals surface area contributed by atoms with Crippen molar-refractivity contribution in [2.75, 3.05) is 59.0 Å². The van der Waals surface area contributed by atoms with Gasteiger partial charge in [-0.1, -0.05) is 24.3 Å². The number of ether oxygens (including phenoxy) is 1. The van der Waals surface area contributed by atoms with Crippen LogP contribution in [-0.2, 0) is 22.7 Å². The van der Waals surface area contributed by atoms with Crippen LogP contribution < -0.4 is 0 Å². The lowest BCUT2D eigenvalue weighted by Gasteiger charge is -2.36. The molecule has 6 nitrogen and oxygen atoms in total. The Morgan fingerprint density at radius 2 is 1.54 bits per heavy atom. The van der Waals surface area contributed by atoms with Crippen molar-refractivity contribution in [3.63, 3.8) is 0 Å². The highest BCUT2D eigenvalue weighted by atomic mass is 16.5. The fourth-order valence-electron chi connectivity index (χ4n) is 3.21. The van der Waals surface area contributed by atoms with Crippen molar-refractivity contribution in [2.45, 2.75) is 13.2 Å². The van der Waals surface area contributed by atoms with Crippen molar-refractivity contribution in [1.82, 2.24) is 14.7 Å². The lowest BCUT2D eigenvalue weighted by Crippen LogP contribution is -2.51. The molecule has 132 valence electrons. The van der Waals surface area contributed by atoms with Gasteiger partial charge in [0.2, 0.25) is 5.91 Å². The van der Waals surface area contributed by atoms with Crippen molar-refractivity contribution >= 4 is 5.91 Å². The third-order valence-corrected chi connectivity index (χ3v) is 4.80. The van der Waals surface area contributed by atoms with Crippen molar-refractivity contribution in [1.29, 1.82) is 0 Å². The number of aliphatic hydroxyl groups is 1. The Morgan fingerprint density at radius 1 is 0.917 bits per heavy atom. The van der Waals surface area contributed by atoms with Crippen LogP contribution in [0.5, 0.6) is 0 Å². The molecule has 24 heavy (non-hydrogen) atoms. The zero-order valence-electron chi connectivity index (χ0n) is 14.2. The van der Waals surface area contributed by atoms with E-state index < -0.39 is 0 Å². The molecule has 0 atom stereocenters. The van der Waals surface area contributed by atoms with Gasteiger partial charge in [-0.3, -0.25) is 14.6 Å². The van der Waals surface area contributed by atoms with Crippen LogP contribution in [0.3, 0.4) is 0 Å². The first kappa shape index (κ1) is 17.4. The summed E-state index contributed by atoms with van der Waals surface area (Å²) in [5.41, 5.74) is 2.19. The molecule has 0 spiro atoms. The summed E-state index contributed by atoms with van der Waals surface area (Å²) in [6, 6.07) is 8.08. The van der Waals surface area contributed by atoms with Gasteiger partial charge >= 0.3 is 0 Å². The number of benzene rings is 1. The Hall–Kier alpha value is -1.47. The molecule has 1 aromatic carbocycles. The molecule has 0 radical (unpaired) electrons. The van der Waals surface area contributed by atoms with Gasteiger partial charge in [0, 0.05) is 45.8 Å². The van der Waals surface area contributed by atoms with E-state index in [9.17, 15) is 4.79 Å². The number of aliphatic hydroxyl groups excluding tert-OH is 1. The minimum atomic E-state index is 0.0875. The molecule has 0 aromatic heterocycles.